The van der Waals surface area contributed by atoms with Crippen molar-refractivity contribution < 1.29 is 19.1 Å². The van der Waals surface area contributed by atoms with Crippen LogP contribution in [0.1, 0.15) is 34.7 Å². The van der Waals surface area contributed by atoms with E-state index in [9.17, 15) is 14.9 Å². The SMILES string of the molecule is COc1ccc(CCN2C(=O)C(C#N)=C(C)/C(=C\c3cn(-c4ccccc4)nc3-c3c(C)cc(C)cc3C)C2=O)cc1OC. The number of hydrogen-bond acceptors (Lipinski definition) is 6. The minimum absolute atomic E-state index is 0.0529. The number of aryl methyl sites for hydroxylation is 3. The third-order valence-corrected chi connectivity index (χ3v) is 7.87. The zero-order valence-electron chi connectivity index (χ0n) is 25.8. The van der Waals surface area contributed by atoms with Crippen molar-refractivity contribution in [3.63, 3.8) is 0 Å². The maximum atomic E-state index is 14.0. The van der Waals surface area contributed by atoms with Gasteiger partial charge in [0.25, 0.3) is 11.8 Å². The summed E-state index contributed by atoms with van der Waals surface area (Å²) in [6, 6.07) is 21.5. The average molecular weight is 587 g/mol. The first-order valence-electron chi connectivity index (χ1n) is 14.3. The molecule has 0 saturated heterocycles. The zero-order valence-corrected chi connectivity index (χ0v) is 25.8. The number of aromatic nitrogens is 2. The van der Waals surface area contributed by atoms with Gasteiger partial charge >= 0.3 is 0 Å². The van der Waals surface area contributed by atoms with Crippen molar-refractivity contribution in [1.29, 1.82) is 5.26 Å². The van der Waals surface area contributed by atoms with Crippen molar-refractivity contribution in [1.82, 2.24) is 14.7 Å². The summed E-state index contributed by atoms with van der Waals surface area (Å²) in [4.78, 5) is 28.5. The second-order valence-corrected chi connectivity index (χ2v) is 10.9. The normalized spacial score (nSPS) is 14.3. The van der Waals surface area contributed by atoms with Crippen LogP contribution in [0.15, 0.2) is 83.6 Å². The molecular formula is C36H34N4O4. The van der Waals surface area contributed by atoms with Crippen LogP contribution in [0.5, 0.6) is 11.5 Å². The van der Waals surface area contributed by atoms with Crippen molar-refractivity contribution >= 4 is 17.9 Å². The van der Waals surface area contributed by atoms with Gasteiger partial charge in [-0.05, 0) is 86.7 Å². The van der Waals surface area contributed by atoms with Gasteiger partial charge in [-0.25, -0.2) is 4.68 Å². The van der Waals surface area contributed by atoms with E-state index < -0.39 is 11.8 Å². The number of imide groups is 1. The fourth-order valence-electron chi connectivity index (χ4n) is 5.72. The summed E-state index contributed by atoms with van der Waals surface area (Å²) in [6.45, 7) is 7.89. The molecule has 4 aromatic rings. The van der Waals surface area contributed by atoms with Crippen LogP contribution in [0.3, 0.4) is 0 Å². The number of rotatable bonds is 8. The highest BCUT2D eigenvalue weighted by Gasteiger charge is 2.35. The van der Waals surface area contributed by atoms with Gasteiger partial charge in [0.15, 0.2) is 11.5 Å². The first-order chi connectivity index (χ1) is 21.2. The van der Waals surface area contributed by atoms with Crippen LogP contribution in [0, 0.1) is 32.1 Å². The van der Waals surface area contributed by atoms with Crippen molar-refractivity contribution in [2.75, 3.05) is 20.8 Å². The molecule has 1 aliphatic heterocycles. The Morgan fingerprint density at radius 1 is 0.886 bits per heavy atom. The van der Waals surface area contributed by atoms with Gasteiger partial charge in [0, 0.05) is 29.4 Å². The third kappa shape index (κ3) is 5.64. The molecule has 0 fully saturated rings. The van der Waals surface area contributed by atoms with Crippen molar-refractivity contribution in [2.24, 2.45) is 0 Å². The van der Waals surface area contributed by atoms with Crippen molar-refractivity contribution in [3.8, 4) is 34.5 Å². The first-order valence-corrected chi connectivity index (χ1v) is 14.3. The molecule has 0 saturated carbocycles. The Kier molecular flexibility index (Phi) is 8.50. The van der Waals surface area contributed by atoms with Gasteiger partial charge in [0.1, 0.15) is 17.3 Å². The third-order valence-electron chi connectivity index (χ3n) is 7.87. The van der Waals surface area contributed by atoms with Crippen LogP contribution in [0.25, 0.3) is 23.0 Å². The molecule has 0 aliphatic carbocycles. The maximum Gasteiger partial charge on any atom is 0.271 e. The van der Waals surface area contributed by atoms with Gasteiger partial charge in [0.2, 0.25) is 0 Å². The number of benzene rings is 3. The van der Waals surface area contributed by atoms with E-state index in [0.717, 1.165) is 38.4 Å². The van der Waals surface area contributed by atoms with Crippen LogP contribution in [0.2, 0.25) is 0 Å². The minimum Gasteiger partial charge on any atom is -0.493 e. The molecule has 3 aromatic carbocycles. The summed E-state index contributed by atoms with van der Waals surface area (Å²) in [5, 5.41) is 14.9. The molecule has 0 bridgehead atoms. The quantitative estimate of drug-likeness (QED) is 0.177. The molecule has 1 aliphatic rings. The highest BCUT2D eigenvalue weighted by molar-refractivity contribution is 6.19. The summed E-state index contributed by atoms with van der Waals surface area (Å²) in [6.07, 6.45) is 4.01. The molecule has 8 nitrogen and oxygen atoms in total. The van der Waals surface area contributed by atoms with Crippen LogP contribution < -0.4 is 9.47 Å². The van der Waals surface area contributed by atoms with Gasteiger partial charge in [0.05, 0.1) is 19.9 Å². The molecule has 0 unspecified atom stereocenters. The Hall–Kier alpha value is -5.42. The number of para-hydroxylation sites is 1. The maximum absolute atomic E-state index is 14.0. The number of nitrogens with zero attached hydrogens (tertiary/aromatic N) is 4. The Balaban J connectivity index is 1.60. The summed E-state index contributed by atoms with van der Waals surface area (Å²) in [5.74, 6) is 0.0867. The molecule has 0 spiro atoms. The molecule has 5 rings (SSSR count). The summed E-state index contributed by atoms with van der Waals surface area (Å²) < 4.78 is 12.5. The summed E-state index contributed by atoms with van der Waals surface area (Å²) >= 11 is 0. The summed E-state index contributed by atoms with van der Waals surface area (Å²) in [7, 11) is 3.11. The number of carbonyl (C=O) groups is 2. The number of hydrogen-bond donors (Lipinski definition) is 0. The molecule has 1 aromatic heterocycles. The second-order valence-electron chi connectivity index (χ2n) is 10.9. The highest BCUT2D eigenvalue weighted by Crippen LogP contribution is 2.35. The fraction of sp³-hybridized carbons (Fsp3) is 0.222. The number of amides is 2. The largest absolute Gasteiger partial charge is 0.493 e. The average Bonchev–Trinajstić information content (AvgIpc) is 3.42. The standard InChI is InChI=1S/C36H34N4O4/c1-22-16-23(2)33(24(3)17-22)34-27(21-40(38-34)28-10-8-7-9-11-28)19-29-25(4)30(20-37)36(42)39(35(29)41)15-14-26-12-13-31(43-5)32(18-26)44-6/h7-13,16-19,21H,14-15H2,1-6H3/b29-19+. The van der Waals surface area contributed by atoms with Gasteiger partial charge in [-0.3, -0.25) is 14.5 Å². The van der Waals surface area contributed by atoms with Gasteiger partial charge in [-0.1, -0.05) is 42.0 Å². The lowest BCUT2D eigenvalue weighted by Gasteiger charge is -2.27. The second kappa shape index (κ2) is 12.4. The number of ether oxygens (including phenoxy) is 2. The fourth-order valence-corrected chi connectivity index (χ4v) is 5.72. The van der Waals surface area contributed by atoms with E-state index in [4.69, 9.17) is 14.6 Å². The van der Waals surface area contributed by atoms with E-state index in [0.29, 0.717) is 34.8 Å². The Bertz CT molecular complexity index is 1850. The Morgan fingerprint density at radius 2 is 1.57 bits per heavy atom. The van der Waals surface area contributed by atoms with E-state index in [1.54, 1.807) is 38.0 Å². The van der Waals surface area contributed by atoms with E-state index in [-0.39, 0.29) is 17.7 Å². The molecule has 0 radical (unpaired) electrons. The van der Waals surface area contributed by atoms with Gasteiger partial charge in [-0.15, -0.1) is 0 Å². The van der Waals surface area contributed by atoms with E-state index in [2.05, 4.69) is 19.1 Å². The monoisotopic (exact) mass is 586 g/mol. The van der Waals surface area contributed by atoms with Gasteiger partial charge in [-0.2, -0.15) is 10.4 Å². The number of nitriles is 1. The topological polar surface area (TPSA) is 97.5 Å². The van der Waals surface area contributed by atoms with Crippen LogP contribution in [-0.4, -0.2) is 47.3 Å². The summed E-state index contributed by atoms with van der Waals surface area (Å²) in [5.41, 5.74) is 7.97. The lowest BCUT2D eigenvalue weighted by Crippen LogP contribution is -2.43. The first kappa shape index (κ1) is 30.1. The zero-order chi connectivity index (χ0) is 31.5. The number of methoxy groups -OCH3 is 2. The van der Waals surface area contributed by atoms with E-state index >= 15 is 0 Å². The molecule has 2 amide bonds. The van der Waals surface area contributed by atoms with Crippen LogP contribution in [-0.2, 0) is 16.0 Å². The molecule has 0 atom stereocenters. The van der Waals surface area contributed by atoms with Crippen molar-refractivity contribution in [3.05, 3.63) is 111 Å². The molecule has 2 heterocycles. The molecule has 0 N–H and O–H groups in total. The minimum atomic E-state index is -0.599. The smallest absolute Gasteiger partial charge is 0.271 e. The molecule has 44 heavy (non-hydrogen) atoms. The lowest BCUT2D eigenvalue weighted by atomic mass is 9.91. The lowest BCUT2D eigenvalue weighted by molar-refractivity contribution is -0.140. The predicted octanol–water partition coefficient (Wildman–Crippen LogP) is 6.32. The highest BCUT2D eigenvalue weighted by atomic mass is 16.5. The molecular weight excluding hydrogens is 552 g/mol. The molecule has 222 valence electrons. The van der Waals surface area contributed by atoms with Crippen LogP contribution in [0.4, 0.5) is 0 Å². The number of carbonyl (C=O) groups excluding carboxylic acids is 2. The Morgan fingerprint density at radius 3 is 2.20 bits per heavy atom. The predicted molar refractivity (Wildman–Crippen MR) is 169 cm³/mol. The van der Waals surface area contributed by atoms with Gasteiger partial charge < -0.3 is 9.47 Å². The Labute approximate surface area is 257 Å². The molecule has 8 heteroatoms. The van der Waals surface area contributed by atoms with Crippen LogP contribution >= 0.6 is 0 Å². The van der Waals surface area contributed by atoms with E-state index in [1.807, 2.05) is 68.6 Å². The van der Waals surface area contributed by atoms with E-state index in [1.165, 1.54) is 0 Å². The van der Waals surface area contributed by atoms with Crippen molar-refractivity contribution in [2.45, 2.75) is 34.1 Å².